The number of amides is 1. The minimum atomic E-state index is -0.741. The summed E-state index contributed by atoms with van der Waals surface area (Å²) in [5.74, 6) is 0. The molecule has 0 unspecified atom stereocenters. The summed E-state index contributed by atoms with van der Waals surface area (Å²) in [4.78, 5) is 20.4. The molecule has 0 heterocycles. The Morgan fingerprint density at radius 3 is 1.62 bits per heavy atom. The zero-order valence-electron chi connectivity index (χ0n) is 12.7. The molecule has 1 amide bonds. The maximum Gasteiger partial charge on any atom is 1.00 e. The van der Waals surface area contributed by atoms with Crippen LogP contribution in [-0.2, 0) is 21.9 Å². The molecule has 0 aliphatic carbocycles. The van der Waals surface area contributed by atoms with Gasteiger partial charge in [0.25, 0.3) is 0 Å². The summed E-state index contributed by atoms with van der Waals surface area (Å²) in [5.41, 5.74) is 4.25. The molecule has 12 heteroatoms. The van der Waals surface area contributed by atoms with Crippen LogP contribution in [0, 0.1) is 0 Å². The fourth-order valence-electron chi connectivity index (χ4n) is 0.529. The molecule has 8 nitrogen and oxygen atoms in total. The van der Waals surface area contributed by atoms with E-state index in [2.05, 4.69) is 39.4 Å². The number of carbonyl (C=O) groups is 2. The van der Waals surface area contributed by atoms with Crippen LogP contribution in [-0.4, -0.2) is 28.8 Å². The van der Waals surface area contributed by atoms with Crippen LogP contribution >= 0.6 is 23.8 Å². The summed E-state index contributed by atoms with van der Waals surface area (Å²) in [5, 5.41) is 2.04. The molecule has 0 aromatic rings. The van der Waals surface area contributed by atoms with Gasteiger partial charge in [-0.15, -0.1) is 0 Å². The van der Waals surface area contributed by atoms with Gasteiger partial charge in [0.2, 0.25) is 0 Å². The zero-order valence-corrected chi connectivity index (χ0v) is 18.2. The van der Waals surface area contributed by atoms with E-state index in [-0.39, 0.29) is 74.9 Å². The molecule has 0 aromatic carbocycles. The molecular formula is C9H20ClKN4O4S2. The summed E-state index contributed by atoms with van der Waals surface area (Å²) < 4.78 is 15.6. The Kier molecular flexibility index (Phi) is 36.1. The maximum absolute atomic E-state index is 10.6. The average Bonchev–Trinajstić information content (AvgIpc) is 2.16. The zero-order chi connectivity index (χ0) is 16.0. The number of hydrogen-bond donors (Lipinski definition) is 3. The minimum Gasteiger partial charge on any atom is -0.742 e. The van der Waals surface area contributed by atoms with E-state index in [1.807, 2.05) is 0 Å². The molecule has 21 heavy (non-hydrogen) atoms. The first-order valence-electron chi connectivity index (χ1n) is 4.96. The third kappa shape index (κ3) is 44.9. The monoisotopic (exact) mass is 386 g/mol. The van der Waals surface area contributed by atoms with Gasteiger partial charge in [-0.1, -0.05) is 0 Å². The van der Waals surface area contributed by atoms with Gasteiger partial charge in [0, 0.05) is 11.6 Å². The summed E-state index contributed by atoms with van der Waals surface area (Å²) >= 11 is 12.3. The van der Waals surface area contributed by atoms with Crippen LogP contribution in [0.4, 0.5) is 9.59 Å². The molecule has 120 valence electrons. The normalized spacial score (nSPS) is 7.57. The van der Waals surface area contributed by atoms with E-state index in [0.717, 1.165) is 0 Å². The molecule has 0 aromatic heterocycles. The van der Waals surface area contributed by atoms with Crippen LogP contribution in [0.15, 0.2) is 0 Å². The average molecular weight is 387 g/mol. The molecule has 0 atom stereocenters. The summed E-state index contributed by atoms with van der Waals surface area (Å²) in [6, 6.07) is 0. The molecule has 0 fully saturated rings. The first kappa shape index (κ1) is 33.2. The van der Waals surface area contributed by atoms with Crippen LogP contribution in [0.1, 0.15) is 27.7 Å². The van der Waals surface area contributed by atoms with Gasteiger partial charge in [-0.2, -0.15) is 0 Å². The van der Waals surface area contributed by atoms with Crippen LogP contribution in [0.25, 0.3) is 4.78 Å². The van der Waals surface area contributed by atoms with Gasteiger partial charge in [-0.25, -0.2) is 9.59 Å². The van der Waals surface area contributed by atoms with Gasteiger partial charge >= 0.3 is 62.9 Å². The Bertz CT molecular complexity index is 299. The molecule has 0 saturated heterocycles. The fraction of sp³-hybridized carbons (Fsp3) is 0.667. The second-order valence-corrected chi connectivity index (χ2v) is 4.10. The van der Waals surface area contributed by atoms with Crippen molar-refractivity contribution in [2.75, 3.05) is 0 Å². The third-order valence-corrected chi connectivity index (χ3v) is 1.09. The fourth-order valence-corrected chi connectivity index (χ4v) is 0.791. The molecule has 0 bridgehead atoms. The van der Waals surface area contributed by atoms with Crippen molar-refractivity contribution in [1.29, 1.82) is 0 Å². The van der Waals surface area contributed by atoms with E-state index >= 15 is 0 Å². The van der Waals surface area contributed by atoms with Crippen LogP contribution < -0.4 is 68.6 Å². The quantitative estimate of drug-likeness (QED) is 0.329. The van der Waals surface area contributed by atoms with E-state index in [1.54, 1.807) is 27.7 Å². The molecular weight excluding hydrogens is 367 g/mol. The number of ether oxygens (including phenoxy) is 2. The van der Waals surface area contributed by atoms with E-state index < -0.39 is 11.5 Å². The Hall–Kier alpha value is 0.536. The molecule has 0 rings (SSSR count). The van der Waals surface area contributed by atoms with Gasteiger partial charge in [-0.05, 0) is 39.9 Å². The van der Waals surface area contributed by atoms with Crippen LogP contribution in [0.5, 0.6) is 0 Å². The van der Waals surface area contributed by atoms with Gasteiger partial charge in [-0.3, -0.25) is 17.7 Å². The van der Waals surface area contributed by atoms with Crippen LogP contribution in [0.2, 0.25) is 0 Å². The van der Waals surface area contributed by atoms with E-state index in [0.29, 0.717) is 0 Å². The van der Waals surface area contributed by atoms with Gasteiger partial charge < -0.3 is 26.1 Å². The van der Waals surface area contributed by atoms with Gasteiger partial charge in [0.05, 0.1) is 12.2 Å². The Morgan fingerprint density at radius 1 is 1.14 bits per heavy atom. The van der Waals surface area contributed by atoms with Crippen molar-refractivity contribution in [2.45, 2.75) is 39.9 Å². The second-order valence-electron chi connectivity index (χ2n) is 3.35. The molecule has 0 aliphatic heterocycles. The summed E-state index contributed by atoms with van der Waals surface area (Å²) in [6.07, 6.45) is -0.873. The van der Waals surface area contributed by atoms with Crippen molar-refractivity contribution < 1.29 is 70.4 Å². The number of thiocarbonyl (C=S) groups is 1. The van der Waals surface area contributed by atoms with Crippen LogP contribution in [0.3, 0.4) is 0 Å². The number of nitrogens with zero attached hydrogens (tertiary/aromatic N) is 1. The van der Waals surface area contributed by atoms with Crippen molar-refractivity contribution in [3.63, 3.8) is 0 Å². The van der Waals surface area contributed by atoms with E-state index in [9.17, 15) is 9.59 Å². The predicted molar refractivity (Wildman–Crippen MR) is 84.8 cm³/mol. The Balaban J connectivity index is -0.0000000693. The number of nitrogens with one attached hydrogen (secondary N) is 1. The first-order valence-corrected chi connectivity index (χ1v) is 6.11. The van der Waals surface area contributed by atoms with E-state index in [1.165, 1.54) is 0 Å². The largest absolute Gasteiger partial charge is 1.00 e. The Labute approximate surface area is 183 Å². The van der Waals surface area contributed by atoms with Crippen molar-refractivity contribution in [3.8, 4) is 0 Å². The number of nitrogens with two attached hydrogens (primary N) is 1. The number of hydrogen-bond acceptors (Lipinski definition) is 7. The molecule has 0 radical (unpaired) electrons. The van der Waals surface area contributed by atoms with Crippen molar-refractivity contribution >= 4 is 52.9 Å². The second kappa shape index (κ2) is 22.8. The topological polar surface area (TPSA) is 148 Å². The molecule has 0 spiro atoms. The SMILES string of the molecule is CC(C)OC(=O)Cl.CC(C)OC(=O)NC(N)=S.N.[K+].[N-]=S. The third-order valence-electron chi connectivity index (χ3n) is 0.896. The van der Waals surface area contributed by atoms with Crippen molar-refractivity contribution in [1.82, 2.24) is 11.5 Å². The van der Waals surface area contributed by atoms with Crippen molar-refractivity contribution in [2.24, 2.45) is 5.73 Å². The summed E-state index contributed by atoms with van der Waals surface area (Å²) in [7, 11) is 0. The predicted octanol–water partition coefficient (Wildman–Crippen LogP) is -0.413. The van der Waals surface area contributed by atoms with Gasteiger partial charge in [0.1, 0.15) is 0 Å². The molecule has 6 N–H and O–H groups in total. The van der Waals surface area contributed by atoms with Gasteiger partial charge in [0.15, 0.2) is 5.11 Å². The molecule has 0 saturated carbocycles. The van der Waals surface area contributed by atoms with E-state index in [4.69, 9.17) is 22.1 Å². The minimum absolute atomic E-state index is 0. The number of alkyl carbamates (subject to hydrolysis) is 1. The maximum atomic E-state index is 10.6. The number of carbonyl (C=O) groups excluding carboxylic acids is 2. The summed E-state index contributed by atoms with van der Waals surface area (Å²) in [6.45, 7) is 6.94. The standard InChI is InChI=1S/C5H10N2O2S.C4H7ClO2.K.NS.H3N/c1-3(2)9-5(8)7-4(6)10;1-3(2)7-4(5)6;;1-2;/h3H,1-2H3,(H3,6,7,8,10);3H,1-2H3;;;1H3/q;;+1;-1;. The molecule has 0 aliphatic rings. The Morgan fingerprint density at radius 2 is 1.48 bits per heavy atom. The number of halogens is 1. The number of rotatable bonds is 2. The smallest absolute Gasteiger partial charge is 0.742 e. The first-order chi connectivity index (χ1) is 8.65. The van der Waals surface area contributed by atoms with Crippen molar-refractivity contribution in [3.05, 3.63) is 4.78 Å².